The van der Waals surface area contributed by atoms with Gasteiger partial charge in [0, 0.05) is 31.3 Å². The van der Waals surface area contributed by atoms with Crippen molar-refractivity contribution < 1.29 is 4.52 Å². The zero-order valence-corrected chi connectivity index (χ0v) is 12.7. The molecule has 2 aromatic rings. The van der Waals surface area contributed by atoms with Gasteiger partial charge in [0.15, 0.2) is 0 Å². The third-order valence-electron chi connectivity index (χ3n) is 3.80. The van der Waals surface area contributed by atoms with Gasteiger partial charge in [-0.15, -0.1) is 0 Å². The highest BCUT2D eigenvalue weighted by Gasteiger charge is 2.16. The zero-order valence-electron chi connectivity index (χ0n) is 12.7. The van der Waals surface area contributed by atoms with Crippen molar-refractivity contribution in [2.45, 2.75) is 26.2 Å². The molecule has 0 fully saturated rings. The van der Waals surface area contributed by atoms with Gasteiger partial charge < -0.3 is 15.2 Å². The van der Waals surface area contributed by atoms with Gasteiger partial charge in [-0.25, -0.2) is 0 Å². The molecule has 20 heavy (non-hydrogen) atoms. The second-order valence-corrected chi connectivity index (χ2v) is 5.43. The maximum absolute atomic E-state index is 5.96. The van der Waals surface area contributed by atoms with Gasteiger partial charge in [-0.3, -0.25) is 0 Å². The number of hydrogen-bond donors (Lipinski definition) is 1. The largest absolute Gasteiger partial charge is 0.378 e. The normalized spacial score (nSPS) is 12.4. The maximum atomic E-state index is 5.96. The summed E-state index contributed by atoms with van der Waals surface area (Å²) in [7, 11) is 4.08. The minimum atomic E-state index is 0.294. The fourth-order valence-corrected chi connectivity index (χ4v) is 2.42. The van der Waals surface area contributed by atoms with Crippen LogP contribution < -0.4 is 10.6 Å². The van der Waals surface area contributed by atoms with Crippen LogP contribution in [0.25, 0.3) is 0 Å². The van der Waals surface area contributed by atoms with E-state index in [2.05, 4.69) is 34.3 Å². The molecule has 1 aromatic carbocycles. The van der Waals surface area contributed by atoms with E-state index in [1.54, 1.807) is 0 Å². The monoisotopic (exact) mass is 273 g/mol. The Morgan fingerprint density at radius 2 is 1.85 bits per heavy atom. The highest BCUT2D eigenvalue weighted by molar-refractivity contribution is 5.46. The first-order valence-corrected chi connectivity index (χ1v) is 6.92. The van der Waals surface area contributed by atoms with Crippen LogP contribution in [-0.2, 0) is 6.42 Å². The number of anilines is 1. The van der Waals surface area contributed by atoms with Crippen molar-refractivity contribution in [3.8, 4) is 0 Å². The van der Waals surface area contributed by atoms with E-state index in [1.807, 2.05) is 27.9 Å². The fourth-order valence-electron chi connectivity index (χ4n) is 2.42. The molecule has 1 unspecified atom stereocenters. The minimum Gasteiger partial charge on any atom is -0.378 e. The van der Waals surface area contributed by atoms with Crippen molar-refractivity contribution in [1.29, 1.82) is 0 Å². The van der Waals surface area contributed by atoms with E-state index in [9.17, 15) is 0 Å². The molecule has 0 bridgehead atoms. The summed E-state index contributed by atoms with van der Waals surface area (Å²) < 4.78 is 5.23. The molecule has 0 aliphatic heterocycles. The van der Waals surface area contributed by atoms with Gasteiger partial charge in [-0.1, -0.05) is 17.3 Å². The van der Waals surface area contributed by atoms with Gasteiger partial charge in [0.1, 0.15) is 5.76 Å². The van der Waals surface area contributed by atoms with Crippen LogP contribution in [0.15, 0.2) is 28.8 Å². The van der Waals surface area contributed by atoms with Gasteiger partial charge >= 0.3 is 0 Å². The Morgan fingerprint density at radius 3 is 2.30 bits per heavy atom. The fraction of sp³-hybridized carbons (Fsp3) is 0.438. The van der Waals surface area contributed by atoms with Crippen molar-refractivity contribution in [1.82, 2.24) is 5.16 Å². The molecule has 0 spiro atoms. The summed E-state index contributed by atoms with van der Waals surface area (Å²) >= 11 is 0. The molecule has 1 atom stereocenters. The van der Waals surface area contributed by atoms with Crippen molar-refractivity contribution in [3.05, 3.63) is 46.8 Å². The molecule has 0 amide bonds. The van der Waals surface area contributed by atoms with Crippen molar-refractivity contribution in [2.75, 3.05) is 25.5 Å². The molecule has 1 heterocycles. The first-order valence-electron chi connectivity index (χ1n) is 6.92. The Kier molecular flexibility index (Phi) is 4.45. The van der Waals surface area contributed by atoms with Crippen LogP contribution in [-0.4, -0.2) is 25.8 Å². The molecule has 0 saturated heterocycles. The minimum absolute atomic E-state index is 0.294. The molecule has 4 nitrogen and oxygen atoms in total. The molecule has 108 valence electrons. The van der Waals surface area contributed by atoms with Crippen molar-refractivity contribution in [2.24, 2.45) is 5.73 Å². The lowest BCUT2D eigenvalue weighted by atomic mass is 9.91. The Labute approximate surface area is 120 Å². The van der Waals surface area contributed by atoms with Gasteiger partial charge in [-0.2, -0.15) is 0 Å². The Balaban J connectivity index is 2.20. The summed E-state index contributed by atoms with van der Waals surface area (Å²) in [5.74, 6) is 1.19. The van der Waals surface area contributed by atoms with Gasteiger partial charge in [0.25, 0.3) is 0 Å². The lowest BCUT2D eigenvalue weighted by Crippen LogP contribution is -2.16. The predicted molar refractivity (Wildman–Crippen MR) is 82.2 cm³/mol. The summed E-state index contributed by atoms with van der Waals surface area (Å²) in [6, 6.07) is 8.58. The predicted octanol–water partition coefficient (Wildman–Crippen LogP) is 2.64. The third kappa shape index (κ3) is 3.02. The molecule has 4 heteroatoms. The Morgan fingerprint density at radius 1 is 1.20 bits per heavy atom. The van der Waals surface area contributed by atoms with Crippen LogP contribution in [0.5, 0.6) is 0 Å². The van der Waals surface area contributed by atoms with Gasteiger partial charge in [0.2, 0.25) is 0 Å². The summed E-state index contributed by atoms with van der Waals surface area (Å²) in [4.78, 5) is 2.09. The van der Waals surface area contributed by atoms with Crippen molar-refractivity contribution >= 4 is 5.69 Å². The van der Waals surface area contributed by atoms with Crippen LogP contribution in [0.3, 0.4) is 0 Å². The van der Waals surface area contributed by atoms with E-state index in [4.69, 9.17) is 10.3 Å². The molecule has 0 aliphatic rings. The SMILES string of the molecule is Cc1noc(C)c1CC(CN)c1ccc(N(C)C)cc1. The molecule has 2 N–H and O–H groups in total. The summed E-state index contributed by atoms with van der Waals surface area (Å²) in [6.45, 7) is 4.55. The number of nitrogens with two attached hydrogens (primary N) is 1. The molecule has 2 rings (SSSR count). The van der Waals surface area contributed by atoms with Crippen molar-refractivity contribution in [3.63, 3.8) is 0 Å². The number of aromatic nitrogens is 1. The molecule has 0 radical (unpaired) electrons. The number of hydrogen-bond acceptors (Lipinski definition) is 4. The second kappa shape index (κ2) is 6.09. The third-order valence-corrected chi connectivity index (χ3v) is 3.80. The van der Waals surface area contributed by atoms with E-state index in [1.165, 1.54) is 16.8 Å². The Bertz CT molecular complexity index is 538. The maximum Gasteiger partial charge on any atom is 0.137 e. The summed E-state index contributed by atoms with van der Waals surface area (Å²) in [5, 5.41) is 4.01. The lowest BCUT2D eigenvalue weighted by molar-refractivity contribution is 0.392. The standard InChI is InChI=1S/C16H23N3O/c1-11-16(12(2)20-18-11)9-14(10-17)13-5-7-15(8-6-13)19(3)4/h5-8,14H,9-10,17H2,1-4H3. The van der Waals surface area contributed by atoms with E-state index < -0.39 is 0 Å². The quantitative estimate of drug-likeness (QED) is 0.910. The van der Waals surface area contributed by atoms with E-state index in [-0.39, 0.29) is 0 Å². The van der Waals surface area contributed by atoms with Gasteiger partial charge in [0.05, 0.1) is 5.69 Å². The van der Waals surface area contributed by atoms with E-state index in [0.717, 1.165) is 17.9 Å². The van der Waals surface area contributed by atoms with Crippen LogP contribution in [0.2, 0.25) is 0 Å². The molecular weight excluding hydrogens is 250 g/mol. The van der Waals surface area contributed by atoms with Crippen LogP contribution in [0.1, 0.15) is 28.5 Å². The second-order valence-electron chi connectivity index (χ2n) is 5.43. The van der Waals surface area contributed by atoms with E-state index >= 15 is 0 Å². The molecule has 1 aromatic heterocycles. The molecule has 0 saturated carbocycles. The van der Waals surface area contributed by atoms with Crippen LogP contribution >= 0.6 is 0 Å². The number of benzene rings is 1. The average molecular weight is 273 g/mol. The average Bonchev–Trinajstić information content (AvgIpc) is 2.76. The summed E-state index contributed by atoms with van der Waals surface area (Å²) in [6.07, 6.45) is 0.874. The van der Waals surface area contributed by atoms with Crippen LogP contribution in [0.4, 0.5) is 5.69 Å². The lowest BCUT2D eigenvalue weighted by Gasteiger charge is -2.17. The highest BCUT2D eigenvalue weighted by atomic mass is 16.5. The number of nitrogens with zero attached hydrogens (tertiary/aromatic N) is 2. The Hall–Kier alpha value is -1.81. The summed E-state index contributed by atoms with van der Waals surface area (Å²) in [5.41, 5.74) is 10.6. The smallest absolute Gasteiger partial charge is 0.137 e. The van der Waals surface area contributed by atoms with Crippen LogP contribution in [0, 0.1) is 13.8 Å². The topological polar surface area (TPSA) is 55.3 Å². The zero-order chi connectivity index (χ0) is 14.7. The molecular formula is C16H23N3O. The highest BCUT2D eigenvalue weighted by Crippen LogP contribution is 2.25. The first-order chi connectivity index (χ1) is 9.52. The van der Waals surface area contributed by atoms with E-state index in [0.29, 0.717) is 12.5 Å². The number of aryl methyl sites for hydroxylation is 2. The van der Waals surface area contributed by atoms with Gasteiger partial charge in [-0.05, 0) is 44.5 Å². The first kappa shape index (κ1) is 14.6. The molecule has 0 aliphatic carbocycles. The number of rotatable bonds is 5.